The van der Waals surface area contributed by atoms with Crippen molar-refractivity contribution in [3.05, 3.63) is 10.1 Å². The van der Waals surface area contributed by atoms with Gasteiger partial charge in [-0.25, -0.2) is 8.42 Å². The third-order valence-corrected chi connectivity index (χ3v) is 2.52. The van der Waals surface area contributed by atoms with Crippen molar-refractivity contribution < 1.29 is 13.3 Å². The summed E-state index contributed by atoms with van der Waals surface area (Å²) in [6.07, 6.45) is 1.13. The Morgan fingerprint density at radius 3 is 2.08 bits per heavy atom. The Labute approximate surface area is 71.8 Å². The Hall–Kier alpha value is -0.650. The zero-order valence-corrected chi connectivity index (χ0v) is 8.22. The normalized spacial score (nSPS) is 12.9. The maximum atomic E-state index is 10.7. The molecule has 6 heteroatoms. The van der Waals surface area contributed by atoms with Gasteiger partial charge in [0.25, 0.3) is 0 Å². The van der Waals surface area contributed by atoms with Crippen LogP contribution in [0.15, 0.2) is 0 Å². The van der Waals surface area contributed by atoms with Crippen molar-refractivity contribution in [3.8, 4) is 0 Å². The van der Waals surface area contributed by atoms with E-state index in [0.717, 1.165) is 6.26 Å². The molecule has 0 heterocycles. The van der Waals surface area contributed by atoms with Crippen LogP contribution in [0.25, 0.3) is 0 Å². The molecule has 0 saturated carbocycles. The van der Waals surface area contributed by atoms with E-state index in [1.165, 1.54) is 13.8 Å². The van der Waals surface area contributed by atoms with Crippen LogP contribution in [0.2, 0.25) is 0 Å². The summed E-state index contributed by atoms with van der Waals surface area (Å²) in [7, 11) is -3.10. The maximum Gasteiger partial charge on any atom is 0.217 e. The third-order valence-electron chi connectivity index (χ3n) is 1.58. The summed E-state index contributed by atoms with van der Waals surface area (Å²) in [5, 5.41) is 10.3. The van der Waals surface area contributed by atoms with E-state index < -0.39 is 20.3 Å². The van der Waals surface area contributed by atoms with Gasteiger partial charge >= 0.3 is 0 Å². The lowest BCUT2D eigenvalue weighted by Crippen LogP contribution is -2.33. The van der Waals surface area contributed by atoms with E-state index in [4.69, 9.17) is 0 Å². The second kappa shape index (κ2) is 3.38. The lowest BCUT2D eigenvalue weighted by molar-refractivity contribution is -0.560. The fourth-order valence-electron chi connectivity index (χ4n) is 0.526. The molecule has 0 aliphatic carbocycles. The van der Waals surface area contributed by atoms with Gasteiger partial charge in [-0.1, -0.05) is 0 Å². The Morgan fingerprint density at radius 1 is 1.42 bits per heavy atom. The zero-order valence-electron chi connectivity index (χ0n) is 7.40. The highest BCUT2D eigenvalue weighted by atomic mass is 32.2. The summed E-state index contributed by atoms with van der Waals surface area (Å²) in [4.78, 5) is 9.89. The Morgan fingerprint density at radius 2 is 1.83 bits per heavy atom. The van der Waals surface area contributed by atoms with Crippen molar-refractivity contribution >= 4 is 9.84 Å². The third kappa shape index (κ3) is 4.27. The molecule has 0 aromatic rings. The standard InChI is InChI=1S/C6H13NO4S/c1-6(2,7(8)9)4-5-12(3,10)11/h4-5H2,1-3H3. The number of nitrogens with zero attached hydrogens (tertiary/aromatic N) is 1. The Balaban J connectivity index is 4.20. The summed E-state index contributed by atoms with van der Waals surface area (Å²) >= 11 is 0. The van der Waals surface area contributed by atoms with Gasteiger partial charge in [0.1, 0.15) is 9.84 Å². The molecule has 0 atom stereocenters. The van der Waals surface area contributed by atoms with Gasteiger partial charge in [-0.15, -0.1) is 0 Å². The van der Waals surface area contributed by atoms with Crippen molar-refractivity contribution in [3.63, 3.8) is 0 Å². The SMILES string of the molecule is CC(C)(CCS(C)(=O)=O)[N+](=O)[O-]. The van der Waals surface area contributed by atoms with Gasteiger partial charge in [-0.2, -0.15) is 0 Å². The molecule has 0 fully saturated rings. The largest absolute Gasteiger partial charge is 0.264 e. The van der Waals surface area contributed by atoms with Crippen LogP contribution in [-0.4, -0.2) is 30.9 Å². The number of hydrogen-bond donors (Lipinski definition) is 0. The summed E-state index contributed by atoms with van der Waals surface area (Å²) in [6.45, 7) is 2.83. The smallest absolute Gasteiger partial charge is 0.217 e. The minimum atomic E-state index is -3.10. The first-order chi connectivity index (χ1) is 5.15. The second-order valence-electron chi connectivity index (χ2n) is 3.45. The van der Waals surface area contributed by atoms with E-state index in [9.17, 15) is 18.5 Å². The van der Waals surface area contributed by atoms with E-state index in [1.54, 1.807) is 0 Å². The predicted molar refractivity (Wildman–Crippen MR) is 45.4 cm³/mol. The molecular formula is C6H13NO4S. The molecule has 0 rings (SSSR count). The van der Waals surface area contributed by atoms with Crippen LogP contribution in [-0.2, 0) is 9.84 Å². The van der Waals surface area contributed by atoms with Gasteiger partial charge < -0.3 is 0 Å². The predicted octanol–water partition coefficient (Wildman–Crippen LogP) is 0.476. The Kier molecular flexibility index (Phi) is 3.20. The topological polar surface area (TPSA) is 77.3 Å². The average Bonchev–Trinajstić information content (AvgIpc) is 1.82. The van der Waals surface area contributed by atoms with Crippen LogP contribution >= 0.6 is 0 Å². The van der Waals surface area contributed by atoms with Crippen LogP contribution in [0, 0.1) is 10.1 Å². The fourth-order valence-corrected chi connectivity index (χ4v) is 1.40. The molecular weight excluding hydrogens is 182 g/mol. The number of hydrogen-bond acceptors (Lipinski definition) is 4. The van der Waals surface area contributed by atoms with Crippen molar-refractivity contribution in [2.75, 3.05) is 12.0 Å². The molecule has 0 N–H and O–H groups in total. The van der Waals surface area contributed by atoms with Gasteiger partial charge in [-0.05, 0) is 0 Å². The molecule has 0 unspecified atom stereocenters. The van der Waals surface area contributed by atoms with Crippen molar-refractivity contribution in [2.45, 2.75) is 25.8 Å². The highest BCUT2D eigenvalue weighted by Gasteiger charge is 2.31. The minimum Gasteiger partial charge on any atom is -0.264 e. The minimum absolute atomic E-state index is 0.0544. The molecule has 0 bridgehead atoms. The van der Waals surface area contributed by atoms with E-state index in [2.05, 4.69) is 0 Å². The van der Waals surface area contributed by atoms with Gasteiger partial charge in [0.15, 0.2) is 0 Å². The zero-order chi connectivity index (χ0) is 9.99. The molecule has 12 heavy (non-hydrogen) atoms. The molecule has 0 aliphatic heterocycles. The molecule has 0 spiro atoms. The molecule has 5 nitrogen and oxygen atoms in total. The average molecular weight is 195 g/mol. The number of nitro groups is 1. The van der Waals surface area contributed by atoms with E-state index >= 15 is 0 Å². The highest BCUT2D eigenvalue weighted by Crippen LogP contribution is 2.13. The molecule has 0 aromatic carbocycles. The monoisotopic (exact) mass is 195 g/mol. The first kappa shape index (κ1) is 11.4. The van der Waals surface area contributed by atoms with Crippen molar-refractivity contribution in [2.24, 2.45) is 0 Å². The van der Waals surface area contributed by atoms with Gasteiger partial charge in [-0.3, -0.25) is 10.1 Å². The lowest BCUT2D eigenvalue weighted by Gasteiger charge is -2.13. The van der Waals surface area contributed by atoms with E-state index in [1.807, 2.05) is 0 Å². The van der Waals surface area contributed by atoms with Crippen LogP contribution < -0.4 is 0 Å². The molecule has 0 amide bonds. The first-order valence-electron chi connectivity index (χ1n) is 3.47. The van der Waals surface area contributed by atoms with Gasteiger partial charge in [0, 0.05) is 31.4 Å². The highest BCUT2D eigenvalue weighted by molar-refractivity contribution is 7.90. The fraction of sp³-hybridized carbons (Fsp3) is 1.00. The lowest BCUT2D eigenvalue weighted by atomic mass is 10.0. The van der Waals surface area contributed by atoms with E-state index in [0.29, 0.717) is 0 Å². The number of rotatable bonds is 4. The Bertz CT molecular complexity index is 267. The summed E-state index contributed by atoms with van der Waals surface area (Å²) in [6, 6.07) is 0. The van der Waals surface area contributed by atoms with Crippen molar-refractivity contribution in [1.29, 1.82) is 0 Å². The quantitative estimate of drug-likeness (QED) is 0.482. The summed E-state index contributed by atoms with van der Waals surface area (Å²) < 4.78 is 21.4. The van der Waals surface area contributed by atoms with Gasteiger partial charge in [0.2, 0.25) is 5.54 Å². The van der Waals surface area contributed by atoms with Crippen LogP contribution in [0.5, 0.6) is 0 Å². The van der Waals surface area contributed by atoms with Crippen LogP contribution in [0.1, 0.15) is 20.3 Å². The molecule has 0 radical (unpaired) electrons. The van der Waals surface area contributed by atoms with E-state index in [-0.39, 0.29) is 12.2 Å². The molecule has 0 aliphatic rings. The summed E-state index contributed by atoms with van der Waals surface area (Å²) in [5.41, 5.74) is -1.15. The molecule has 0 saturated heterocycles. The van der Waals surface area contributed by atoms with Crippen LogP contribution in [0.3, 0.4) is 0 Å². The first-order valence-corrected chi connectivity index (χ1v) is 5.53. The molecule has 0 aromatic heterocycles. The number of sulfone groups is 1. The van der Waals surface area contributed by atoms with Gasteiger partial charge in [0.05, 0.1) is 5.75 Å². The maximum absolute atomic E-state index is 10.7. The molecule has 72 valence electrons. The van der Waals surface area contributed by atoms with Crippen molar-refractivity contribution in [1.82, 2.24) is 0 Å². The summed E-state index contributed by atoms with van der Waals surface area (Å²) in [5.74, 6) is -0.138. The van der Waals surface area contributed by atoms with Crippen LogP contribution in [0.4, 0.5) is 0 Å². The second-order valence-corrected chi connectivity index (χ2v) is 5.71.